The summed E-state index contributed by atoms with van der Waals surface area (Å²) in [6, 6.07) is 3.05. The van der Waals surface area contributed by atoms with Gasteiger partial charge in [0.1, 0.15) is 22.6 Å². The Balaban J connectivity index is 2.56. The van der Waals surface area contributed by atoms with Gasteiger partial charge in [-0.1, -0.05) is 11.6 Å². The van der Waals surface area contributed by atoms with E-state index in [2.05, 4.69) is 15.0 Å². The standard InChI is InChI=1S/C13H13ClN4O4/c1-13(2,3)22-12(21)18(11(19)20)10-9-7(15-6-16-10)4-5-8(14)17-9/h4-6H,1-3H3,(H,19,20). The van der Waals surface area contributed by atoms with Gasteiger partial charge in [-0.15, -0.1) is 0 Å². The van der Waals surface area contributed by atoms with Crippen LogP contribution in [0.1, 0.15) is 20.8 Å². The van der Waals surface area contributed by atoms with Gasteiger partial charge in [-0.2, -0.15) is 4.90 Å². The first-order chi connectivity index (χ1) is 10.2. The third-order valence-electron chi connectivity index (χ3n) is 2.41. The smallest absolute Gasteiger partial charge is 0.425 e. The highest BCUT2D eigenvalue weighted by Crippen LogP contribution is 2.24. The number of carbonyl (C=O) groups excluding carboxylic acids is 1. The number of halogens is 1. The van der Waals surface area contributed by atoms with Crippen molar-refractivity contribution in [1.29, 1.82) is 0 Å². The van der Waals surface area contributed by atoms with E-state index in [0.29, 0.717) is 10.4 Å². The van der Waals surface area contributed by atoms with Gasteiger partial charge >= 0.3 is 12.2 Å². The minimum Gasteiger partial charge on any atom is -0.464 e. The minimum atomic E-state index is -1.55. The number of imide groups is 1. The molecule has 2 aromatic heterocycles. The molecule has 0 spiro atoms. The molecule has 2 aromatic rings. The van der Waals surface area contributed by atoms with Gasteiger partial charge in [-0.25, -0.2) is 24.5 Å². The molecule has 2 rings (SSSR count). The van der Waals surface area contributed by atoms with Gasteiger partial charge < -0.3 is 9.84 Å². The number of aromatic nitrogens is 3. The number of hydrogen-bond acceptors (Lipinski definition) is 6. The van der Waals surface area contributed by atoms with Crippen LogP contribution in [0.5, 0.6) is 0 Å². The maximum atomic E-state index is 12.1. The fourth-order valence-electron chi connectivity index (χ4n) is 1.63. The summed E-state index contributed by atoms with van der Waals surface area (Å²) in [4.78, 5) is 35.7. The van der Waals surface area contributed by atoms with Crippen LogP contribution in [0.25, 0.3) is 11.0 Å². The zero-order valence-electron chi connectivity index (χ0n) is 12.1. The summed E-state index contributed by atoms with van der Waals surface area (Å²) in [6.45, 7) is 4.87. The van der Waals surface area contributed by atoms with Crippen molar-refractivity contribution in [2.24, 2.45) is 0 Å². The molecular formula is C13H13ClN4O4. The molecule has 116 valence electrons. The molecule has 0 atom stereocenters. The lowest BCUT2D eigenvalue weighted by atomic mass is 10.2. The first-order valence-corrected chi connectivity index (χ1v) is 6.60. The Morgan fingerprint density at radius 3 is 2.55 bits per heavy atom. The summed E-state index contributed by atoms with van der Waals surface area (Å²) in [7, 11) is 0. The fraction of sp³-hybridized carbons (Fsp3) is 0.308. The zero-order valence-corrected chi connectivity index (χ0v) is 12.8. The van der Waals surface area contributed by atoms with Gasteiger partial charge in [-0.05, 0) is 32.9 Å². The molecule has 9 heteroatoms. The second-order valence-electron chi connectivity index (χ2n) is 5.30. The average Bonchev–Trinajstić information content (AvgIpc) is 2.37. The topological polar surface area (TPSA) is 106 Å². The number of amides is 2. The van der Waals surface area contributed by atoms with E-state index < -0.39 is 17.8 Å². The van der Waals surface area contributed by atoms with Crippen LogP contribution in [0, 0.1) is 0 Å². The van der Waals surface area contributed by atoms with E-state index in [1.807, 2.05) is 0 Å². The number of carbonyl (C=O) groups is 2. The molecule has 2 amide bonds. The van der Waals surface area contributed by atoms with E-state index in [-0.39, 0.29) is 16.5 Å². The summed E-state index contributed by atoms with van der Waals surface area (Å²) in [5.41, 5.74) is -0.425. The Bertz CT molecular complexity index is 744. The third-order valence-corrected chi connectivity index (χ3v) is 2.62. The fourth-order valence-corrected chi connectivity index (χ4v) is 1.78. The summed E-state index contributed by atoms with van der Waals surface area (Å²) in [6.07, 6.45) is -1.49. The number of hydrogen-bond donors (Lipinski definition) is 1. The second-order valence-corrected chi connectivity index (χ2v) is 5.68. The molecule has 0 aromatic carbocycles. The molecule has 0 saturated heterocycles. The van der Waals surface area contributed by atoms with E-state index in [0.717, 1.165) is 6.33 Å². The van der Waals surface area contributed by atoms with Gasteiger partial charge in [0.2, 0.25) is 0 Å². The normalized spacial score (nSPS) is 11.3. The van der Waals surface area contributed by atoms with Crippen LogP contribution >= 0.6 is 11.6 Å². The molecule has 0 aliphatic heterocycles. The Labute approximate surface area is 130 Å². The van der Waals surface area contributed by atoms with Crippen LogP contribution < -0.4 is 4.90 Å². The number of carboxylic acid groups (broad SMARTS) is 1. The number of anilines is 1. The number of ether oxygens (including phenoxy) is 1. The van der Waals surface area contributed by atoms with Gasteiger partial charge in [0, 0.05) is 0 Å². The van der Waals surface area contributed by atoms with Crippen LogP contribution in [-0.4, -0.2) is 37.8 Å². The van der Waals surface area contributed by atoms with Crippen molar-refractivity contribution in [1.82, 2.24) is 15.0 Å². The van der Waals surface area contributed by atoms with E-state index in [1.54, 1.807) is 26.8 Å². The molecule has 2 heterocycles. The van der Waals surface area contributed by atoms with Crippen LogP contribution in [-0.2, 0) is 4.74 Å². The lowest BCUT2D eigenvalue weighted by Crippen LogP contribution is -2.41. The highest BCUT2D eigenvalue weighted by Gasteiger charge is 2.31. The summed E-state index contributed by atoms with van der Waals surface area (Å²) >= 11 is 5.81. The van der Waals surface area contributed by atoms with Crippen molar-refractivity contribution < 1.29 is 19.4 Å². The SMILES string of the molecule is CC(C)(C)OC(=O)N(C(=O)O)c1ncnc2ccc(Cl)nc12. The van der Waals surface area contributed by atoms with E-state index in [1.165, 1.54) is 6.07 Å². The van der Waals surface area contributed by atoms with Crippen LogP contribution in [0.3, 0.4) is 0 Å². The third kappa shape index (κ3) is 3.40. The molecule has 0 unspecified atom stereocenters. The molecule has 0 saturated carbocycles. The maximum absolute atomic E-state index is 12.1. The van der Waals surface area contributed by atoms with Crippen molar-refractivity contribution in [3.8, 4) is 0 Å². The predicted octanol–water partition coefficient (Wildman–Crippen LogP) is 3.10. The summed E-state index contributed by atoms with van der Waals surface area (Å²) < 4.78 is 5.08. The molecule has 8 nitrogen and oxygen atoms in total. The number of pyridine rings is 1. The lowest BCUT2D eigenvalue weighted by Gasteiger charge is -2.24. The quantitative estimate of drug-likeness (QED) is 0.803. The van der Waals surface area contributed by atoms with Crippen LogP contribution in [0.15, 0.2) is 18.5 Å². The summed E-state index contributed by atoms with van der Waals surface area (Å²) in [5, 5.41) is 9.45. The number of nitrogens with zero attached hydrogens (tertiary/aromatic N) is 4. The average molecular weight is 325 g/mol. The van der Waals surface area contributed by atoms with Gasteiger partial charge in [0.15, 0.2) is 5.82 Å². The van der Waals surface area contributed by atoms with Gasteiger partial charge in [-0.3, -0.25) is 0 Å². The Hall–Kier alpha value is -2.48. The Kier molecular flexibility index (Phi) is 4.14. The monoisotopic (exact) mass is 324 g/mol. The minimum absolute atomic E-state index is 0.0864. The van der Waals surface area contributed by atoms with E-state index >= 15 is 0 Å². The Morgan fingerprint density at radius 1 is 1.27 bits per heavy atom. The molecule has 0 radical (unpaired) electrons. The molecule has 1 N–H and O–H groups in total. The largest absolute Gasteiger partial charge is 0.464 e. The highest BCUT2D eigenvalue weighted by molar-refractivity contribution is 6.30. The maximum Gasteiger partial charge on any atom is 0.425 e. The van der Waals surface area contributed by atoms with Crippen LogP contribution in [0.4, 0.5) is 15.4 Å². The van der Waals surface area contributed by atoms with E-state index in [4.69, 9.17) is 16.3 Å². The van der Waals surface area contributed by atoms with Crippen molar-refractivity contribution in [3.63, 3.8) is 0 Å². The van der Waals surface area contributed by atoms with Gasteiger partial charge in [0.25, 0.3) is 0 Å². The zero-order chi connectivity index (χ0) is 16.5. The molecule has 22 heavy (non-hydrogen) atoms. The Morgan fingerprint density at radius 2 is 1.95 bits per heavy atom. The highest BCUT2D eigenvalue weighted by atomic mass is 35.5. The molecule has 0 fully saturated rings. The van der Waals surface area contributed by atoms with E-state index in [9.17, 15) is 14.7 Å². The van der Waals surface area contributed by atoms with Crippen LogP contribution in [0.2, 0.25) is 5.15 Å². The van der Waals surface area contributed by atoms with Gasteiger partial charge in [0.05, 0.1) is 5.52 Å². The first kappa shape index (κ1) is 15.9. The molecule has 0 bridgehead atoms. The van der Waals surface area contributed by atoms with Crippen molar-refractivity contribution in [2.45, 2.75) is 26.4 Å². The van der Waals surface area contributed by atoms with Crippen molar-refractivity contribution in [2.75, 3.05) is 4.90 Å². The van der Waals surface area contributed by atoms with Crippen molar-refractivity contribution >= 4 is 40.6 Å². The second kappa shape index (κ2) is 5.72. The predicted molar refractivity (Wildman–Crippen MR) is 79.1 cm³/mol. The number of rotatable bonds is 1. The molecular weight excluding hydrogens is 312 g/mol. The number of fused-ring (bicyclic) bond motifs is 1. The molecule has 0 aliphatic carbocycles. The summed E-state index contributed by atoms with van der Waals surface area (Å²) in [5.74, 6) is -0.214. The first-order valence-electron chi connectivity index (χ1n) is 6.22. The van der Waals surface area contributed by atoms with Crippen molar-refractivity contribution in [3.05, 3.63) is 23.6 Å². The molecule has 0 aliphatic rings. The lowest BCUT2D eigenvalue weighted by molar-refractivity contribution is 0.0581.